The summed E-state index contributed by atoms with van der Waals surface area (Å²) in [7, 11) is 0. The normalized spacial score (nSPS) is 16.5. The van der Waals surface area contributed by atoms with E-state index in [1.54, 1.807) is 0 Å². The third-order valence-electron chi connectivity index (χ3n) is 3.47. The number of hydrogen-bond acceptors (Lipinski definition) is 1. The van der Waals surface area contributed by atoms with Gasteiger partial charge in [-0.1, -0.05) is 61.3 Å². The maximum absolute atomic E-state index is 3.60. The molecule has 2 atom stereocenters. The van der Waals surface area contributed by atoms with Crippen LogP contribution >= 0.6 is 0 Å². The molecule has 0 amide bonds. The highest BCUT2D eigenvalue weighted by molar-refractivity contribution is 4.78. The predicted molar refractivity (Wildman–Crippen MR) is 74.8 cm³/mol. The van der Waals surface area contributed by atoms with Crippen molar-refractivity contribution in [3.05, 3.63) is 0 Å². The van der Waals surface area contributed by atoms with Crippen LogP contribution in [0.15, 0.2) is 0 Å². The summed E-state index contributed by atoms with van der Waals surface area (Å²) in [6, 6.07) is 0.603. The van der Waals surface area contributed by atoms with Gasteiger partial charge < -0.3 is 5.32 Å². The molecule has 0 rings (SSSR count). The summed E-state index contributed by atoms with van der Waals surface area (Å²) in [6.45, 7) is 17.4. The van der Waals surface area contributed by atoms with Gasteiger partial charge in [0.15, 0.2) is 0 Å². The average Bonchev–Trinajstić information content (AvgIpc) is 2.10. The smallest absolute Gasteiger partial charge is 0.00104 e. The van der Waals surface area contributed by atoms with Crippen LogP contribution in [-0.2, 0) is 0 Å². The summed E-state index contributed by atoms with van der Waals surface area (Å²) < 4.78 is 0. The Hall–Kier alpha value is -0.0400. The van der Waals surface area contributed by atoms with Gasteiger partial charge in [0.25, 0.3) is 0 Å². The van der Waals surface area contributed by atoms with Crippen molar-refractivity contribution in [1.82, 2.24) is 5.32 Å². The SMILES string of the molecule is CCCC(C)CC(CNC(C)C)C(C)(C)C. The molecule has 0 aliphatic carbocycles. The molecule has 0 heterocycles. The molecule has 0 aliphatic heterocycles. The molecule has 0 radical (unpaired) electrons. The quantitative estimate of drug-likeness (QED) is 0.676. The van der Waals surface area contributed by atoms with Gasteiger partial charge >= 0.3 is 0 Å². The zero-order valence-electron chi connectivity index (χ0n) is 12.6. The minimum absolute atomic E-state index is 0.421. The molecule has 16 heavy (non-hydrogen) atoms. The summed E-state index contributed by atoms with van der Waals surface area (Å²) in [4.78, 5) is 0. The summed E-state index contributed by atoms with van der Waals surface area (Å²) >= 11 is 0. The molecule has 1 nitrogen and oxygen atoms in total. The lowest BCUT2D eigenvalue weighted by Crippen LogP contribution is -2.36. The van der Waals surface area contributed by atoms with E-state index in [2.05, 4.69) is 53.8 Å². The fraction of sp³-hybridized carbons (Fsp3) is 1.00. The van der Waals surface area contributed by atoms with Crippen LogP contribution in [0.25, 0.3) is 0 Å². The highest BCUT2D eigenvalue weighted by atomic mass is 14.9. The third-order valence-corrected chi connectivity index (χ3v) is 3.47. The van der Waals surface area contributed by atoms with Gasteiger partial charge in [-0.15, -0.1) is 0 Å². The van der Waals surface area contributed by atoms with Gasteiger partial charge in [0.2, 0.25) is 0 Å². The van der Waals surface area contributed by atoms with Crippen LogP contribution in [0.2, 0.25) is 0 Å². The standard InChI is InChI=1S/C15H33N/c1-8-9-13(4)10-14(15(5,6)7)11-16-12(2)3/h12-14,16H,8-11H2,1-7H3. The van der Waals surface area contributed by atoms with Crippen LogP contribution in [0.1, 0.15) is 67.7 Å². The first-order valence-corrected chi connectivity index (χ1v) is 7.00. The third kappa shape index (κ3) is 7.27. The van der Waals surface area contributed by atoms with Crippen molar-refractivity contribution in [3.8, 4) is 0 Å². The monoisotopic (exact) mass is 227 g/mol. The van der Waals surface area contributed by atoms with E-state index in [4.69, 9.17) is 0 Å². The van der Waals surface area contributed by atoms with Gasteiger partial charge in [0.05, 0.1) is 0 Å². The first-order chi connectivity index (χ1) is 7.27. The molecule has 2 unspecified atom stereocenters. The molecule has 1 heteroatoms. The summed E-state index contributed by atoms with van der Waals surface area (Å²) in [5.74, 6) is 1.65. The lowest BCUT2D eigenvalue weighted by atomic mass is 9.75. The van der Waals surface area contributed by atoms with Gasteiger partial charge in [-0.3, -0.25) is 0 Å². The Kier molecular flexibility index (Phi) is 7.30. The van der Waals surface area contributed by atoms with E-state index >= 15 is 0 Å². The van der Waals surface area contributed by atoms with Crippen LogP contribution in [0.3, 0.4) is 0 Å². The van der Waals surface area contributed by atoms with E-state index in [0.717, 1.165) is 18.4 Å². The Balaban J connectivity index is 4.21. The molecule has 0 aromatic rings. The second-order valence-corrected chi connectivity index (χ2v) is 6.76. The van der Waals surface area contributed by atoms with E-state index in [1.165, 1.54) is 19.3 Å². The predicted octanol–water partition coefficient (Wildman–Crippen LogP) is 4.47. The number of rotatable bonds is 7. The topological polar surface area (TPSA) is 12.0 Å². The van der Waals surface area contributed by atoms with Gasteiger partial charge in [-0.05, 0) is 30.2 Å². The van der Waals surface area contributed by atoms with Gasteiger partial charge in [0, 0.05) is 6.04 Å². The van der Waals surface area contributed by atoms with Crippen LogP contribution < -0.4 is 5.32 Å². The molecule has 0 aliphatic rings. The zero-order valence-corrected chi connectivity index (χ0v) is 12.6. The molecular formula is C15H33N. The fourth-order valence-electron chi connectivity index (χ4n) is 2.22. The van der Waals surface area contributed by atoms with E-state index in [0.29, 0.717) is 11.5 Å². The van der Waals surface area contributed by atoms with Crippen molar-refractivity contribution in [1.29, 1.82) is 0 Å². The second kappa shape index (κ2) is 7.32. The van der Waals surface area contributed by atoms with Gasteiger partial charge in [0.1, 0.15) is 0 Å². The summed E-state index contributed by atoms with van der Waals surface area (Å²) in [5.41, 5.74) is 0.421. The Bertz CT molecular complexity index is 167. The first kappa shape index (κ1) is 16.0. The van der Waals surface area contributed by atoms with Crippen LogP contribution in [-0.4, -0.2) is 12.6 Å². The van der Waals surface area contributed by atoms with Gasteiger partial charge in [-0.25, -0.2) is 0 Å². The highest BCUT2D eigenvalue weighted by Crippen LogP contribution is 2.32. The Labute approximate surface area is 103 Å². The molecule has 0 spiro atoms. The lowest BCUT2D eigenvalue weighted by Gasteiger charge is -2.33. The van der Waals surface area contributed by atoms with Crippen LogP contribution in [0.4, 0.5) is 0 Å². The second-order valence-electron chi connectivity index (χ2n) is 6.76. The van der Waals surface area contributed by atoms with Crippen molar-refractivity contribution >= 4 is 0 Å². The molecule has 0 fully saturated rings. The first-order valence-electron chi connectivity index (χ1n) is 7.00. The largest absolute Gasteiger partial charge is 0.314 e. The van der Waals surface area contributed by atoms with Crippen molar-refractivity contribution in [2.24, 2.45) is 17.3 Å². The van der Waals surface area contributed by atoms with Crippen molar-refractivity contribution < 1.29 is 0 Å². The summed E-state index contributed by atoms with van der Waals surface area (Å²) in [5, 5.41) is 3.60. The maximum atomic E-state index is 3.60. The van der Waals surface area contributed by atoms with E-state index in [-0.39, 0.29) is 0 Å². The maximum Gasteiger partial charge on any atom is 0.00104 e. The molecule has 0 aromatic heterocycles. The number of nitrogens with one attached hydrogen (secondary N) is 1. The van der Waals surface area contributed by atoms with Crippen LogP contribution in [0, 0.1) is 17.3 Å². The average molecular weight is 227 g/mol. The number of hydrogen-bond donors (Lipinski definition) is 1. The van der Waals surface area contributed by atoms with Crippen molar-refractivity contribution in [2.75, 3.05) is 6.54 Å². The van der Waals surface area contributed by atoms with Crippen molar-refractivity contribution in [3.63, 3.8) is 0 Å². The molecule has 0 saturated carbocycles. The molecule has 98 valence electrons. The highest BCUT2D eigenvalue weighted by Gasteiger charge is 2.25. The van der Waals surface area contributed by atoms with Gasteiger partial charge in [-0.2, -0.15) is 0 Å². The molecular weight excluding hydrogens is 194 g/mol. The Morgan fingerprint density at radius 1 is 1.06 bits per heavy atom. The minimum atomic E-state index is 0.421. The molecule has 0 bridgehead atoms. The Morgan fingerprint density at radius 2 is 1.62 bits per heavy atom. The van der Waals surface area contributed by atoms with E-state index < -0.39 is 0 Å². The summed E-state index contributed by atoms with van der Waals surface area (Å²) in [6.07, 6.45) is 4.04. The molecule has 0 saturated heterocycles. The Morgan fingerprint density at radius 3 is 2.00 bits per heavy atom. The van der Waals surface area contributed by atoms with Crippen LogP contribution in [0.5, 0.6) is 0 Å². The van der Waals surface area contributed by atoms with E-state index in [9.17, 15) is 0 Å². The molecule has 0 aromatic carbocycles. The minimum Gasteiger partial charge on any atom is -0.314 e. The molecule has 1 N–H and O–H groups in total. The van der Waals surface area contributed by atoms with Crippen molar-refractivity contribution in [2.45, 2.75) is 73.8 Å². The lowest BCUT2D eigenvalue weighted by molar-refractivity contribution is 0.187. The van der Waals surface area contributed by atoms with E-state index in [1.807, 2.05) is 0 Å². The zero-order chi connectivity index (χ0) is 12.8. The fourth-order valence-corrected chi connectivity index (χ4v) is 2.22.